The Hall–Kier alpha value is -3.13. The van der Waals surface area contributed by atoms with Gasteiger partial charge in [-0.05, 0) is 42.5 Å². The quantitative estimate of drug-likeness (QED) is 0.360. The van der Waals surface area contributed by atoms with Crippen molar-refractivity contribution in [1.82, 2.24) is 9.97 Å². The van der Waals surface area contributed by atoms with Gasteiger partial charge in [-0.25, -0.2) is 14.6 Å². The normalized spacial score (nSPS) is 15.9. The number of rotatable bonds is 3. The van der Waals surface area contributed by atoms with E-state index in [0.717, 1.165) is 26.9 Å². The van der Waals surface area contributed by atoms with E-state index in [2.05, 4.69) is 31.2 Å². The number of hydrogen-bond donors (Lipinski definition) is 2. The predicted molar refractivity (Wildman–Crippen MR) is 107 cm³/mol. The molecule has 1 fully saturated rings. The van der Waals surface area contributed by atoms with Crippen LogP contribution in [0.25, 0.3) is 22.4 Å². The molecule has 0 unspecified atom stereocenters. The summed E-state index contributed by atoms with van der Waals surface area (Å²) in [6.45, 7) is 3.00. The van der Waals surface area contributed by atoms with E-state index in [4.69, 9.17) is 9.47 Å². The largest absolute Gasteiger partial charge is 0.419 e. The van der Waals surface area contributed by atoms with E-state index < -0.39 is 17.7 Å². The molecule has 7 nitrogen and oxygen atoms in total. The van der Waals surface area contributed by atoms with Crippen LogP contribution in [0.1, 0.15) is 13.8 Å². The highest BCUT2D eigenvalue weighted by atomic mass is 79.9. The van der Waals surface area contributed by atoms with E-state index in [0.29, 0.717) is 5.69 Å². The lowest BCUT2D eigenvalue weighted by molar-refractivity contribution is -0.222. The molecule has 142 valence electrons. The SMILES string of the molecule is CC1(C)OC(=O)C(=CNc2ccc(-c3nc4ccc(Br)cc4[nH]3)cc2)C(=O)O1. The number of ether oxygens (including phenoxy) is 2. The van der Waals surface area contributed by atoms with Gasteiger partial charge in [-0.1, -0.05) is 15.9 Å². The smallest absolute Gasteiger partial charge is 0.350 e. The molecule has 3 aromatic rings. The van der Waals surface area contributed by atoms with Crippen LogP contribution in [-0.4, -0.2) is 27.7 Å². The summed E-state index contributed by atoms with van der Waals surface area (Å²) >= 11 is 3.44. The minimum atomic E-state index is -1.25. The molecule has 0 bridgehead atoms. The van der Waals surface area contributed by atoms with Crippen molar-refractivity contribution in [2.75, 3.05) is 5.32 Å². The molecule has 0 atom stereocenters. The third kappa shape index (κ3) is 3.63. The molecule has 1 aliphatic heterocycles. The summed E-state index contributed by atoms with van der Waals surface area (Å²) in [5.74, 6) is -1.95. The lowest BCUT2D eigenvalue weighted by Crippen LogP contribution is -2.42. The number of halogens is 1. The van der Waals surface area contributed by atoms with Gasteiger partial charge >= 0.3 is 11.9 Å². The second-order valence-corrected chi connectivity index (χ2v) is 7.62. The number of fused-ring (bicyclic) bond motifs is 1. The van der Waals surface area contributed by atoms with Crippen LogP contribution in [0.2, 0.25) is 0 Å². The fraction of sp³-hybridized carbons (Fsp3) is 0.150. The van der Waals surface area contributed by atoms with Crippen LogP contribution in [0, 0.1) is 0 Å². The Labute approximate surface area is 168 Å². The number of aromatic nitrogens is 2. The fourth-order valence-electron chi connectivity index (χ4n) is 2.78. The molecule has 4 rings (SSSR count). The minimum Gasteiger partial charge on any atom is -0.419 e. The van der Waals surface area contributed by atoms with Crippen LogP contribution in [0.15, 0.2) is 58.7 Å². The van der Waals surface area contributed by atoms with E-state index >= 15 is 0 Å². The molecule has 0 radical (unpaired) electrons. The van der Waals surface area contributed by atoms with Gasteiger partial charge < -0.3 is 19.8 Å². The van der Waals surface area contributed by atoms with Crippen LogP contribution < -0.4 is 5.32 Å². The Balaban J connectivity index is 1.52. The zero-order valence-electron chi connectivity index (χ0n) is 15.1. The highest BCUT2D eigenvalue weighted by Gasteiger charge is 2.38. The maximum atomic E-state index is 11.9. The van der Waals surface area contributed by atoms with Crippen LogP contribution in [-0.2, 0) is 19.1 Å². The average Bonchev–Trinajstić information content (AvgIpc) is 3.03. The summed E-state index contributed by atoms with van der Waals surface area (Å²) in [4.78, 5) is 31.7. The van der Waals surface area contributed by atoms with Gasteiger partial charge in [0.25, 0.3) is 5.79 Å². The number of benzene rings is 2. The summed E-state index contributed by atoms with van der Waals surface area (Å²) in [6, 6.07) is 13.2. The number of anilines is 1. The first-order valence-corrected chi connectivity index (χ1v) is 9.29. The van der Waals surface area contributed by atoms with Crippen molar-refractivity contribution in [3.8, 4) is 11.4 Å². The summed E-state index contributed by atoms with van der Waals surface area (Å²) in [5.41, 5.74) is 3.23. The zero-order chi connectivity index (χ0) is 19.9. The van der Waals surface area contributed by atoms with Crippen molar-refractivity contribution in [2.24, 2.45) is 0 Å². The molecule has 0 saturated carbocycles. The molecule has 0 spiro atoms. The van der Waals surface area contributed by atoms with Gasteiger partial charge in [0.15, 0.2) is 5.57 Å². The second kappa shape index (κ2) is 6.79. The maximum Gasteiger partial charge on any atom is 0.350 e. The Morgan fingerprint density at radius 2 is 1.75 bits per heavy atom. The maximum absolute atomic E-state index is 11.9. The number of hydrogen-bond acceptors (Lipinski definition) is 6. The Morgan fingerprint density at radius 3 is 2.43 bits per heavy atom. The zero-order valence-corrected chi connectivity index (χ0v) is 16.7. The summed E-state index contributed by atoms with van der Waals surface area (Å²) < 4.78 is 11.1. The minimum absolute atomic E-state index is 0.189. The molecule has 1 aromatic heterocycles. The number of carbonyl (C=O) groups excluding carboxylic acids is 2. The van der Waals surface area contributed by atoms with Crippen molar-refractivity contribution < 1.29 is 19.1 Å². The number of H-pyrrole nitrogens is 1. The van der Waals surface area contributed by atoms with Crippen LogP contribution in [0.5, 0.6) is 0 Å². The van der Waals surface area contributed by atoms with Crippen molar-refractivity contribution in [3.63, 3.8) is 0 Å². The number of nitrogens with zero attached hydrogens (tertiary/aromatic N) is 1. The first-order valence-electron chi connectivity index (χ1n) is 8.50. The molecule has 1 saturated heterocycles. The van der Waals surface area contributed by atoms with Crippen molar-refractivity contribution in [3.05, 3.63) is 58.7 Å². The molecule has 2 N–H and O–H groups in total. The van der Waals surface area contributed by atoms with Gasteiger partial charge in [-0.3, -0.25) is 0 Å². The second-order valence-electron chi connectivity index (χ2n) is 6.71. The lowest BCUT2D eigenvalue weighted by Gasteiger charge is -2.29. The summed E-state index contributed by atoms with van der Waals surface area (Å²) in [6.07, 6.45) is 1.29. The first kappa shape index (κ1) is 18.2. The highest BCUT2D eigenvalue weighted by Crippen LogP contribution is 2.25. The molecular formula is C20H16BrN3O4. The van der Waals surface area contributed by atoms with Crippen molar-refractivity contribution in [2.45, 2.75) is 19.6 Å². The molecule has 0 aliphatic carbocycles. The summed E-state index contributed by atoms with van der Waals surface area (Å²) in [5, 5.41) is 2.91. The highest BCUT2D eigenvalue weighted by molar-refractivity contribution is 9.10. The number of nitrogens with one attached hydrogen (secondary N) is 2. The van der Waals surface area contributed by atoms with Crippen molar-refractivity contribution in [1.29, 1.82) is 0 Å². The molecule has 8 heteroatoms. The summed E-state index contributed by atoms with van der Waals surface area (Å²) in [7, 11) is 0. The molecule has 2 aromatic carbocycles. The van der Waals surface area contributed by atoms with Gasteiger partial charge in [-0.2, -0.15) is 0 Å². The van der Waals surface area contributed by atoms with E-state index in [9.17, 15) is 9.59 Å². The average molecular weight is 442 g/mol. The molecule has 2 heterocycles. The third-order valence-electron chi connectivity index (χ3n) is 4.10. The Morgan fingerprint density at radius 1 is 1.07 bits per heavy atom. The Kier molecular flexibility index (Phi) is 4.43. The van der Waals surface area contributed by atoms with Gasteiger partial charge in [0.1, 0.15) is 5.82 Å². The number of aromatic amines is 1. The monoisotopic (exact) mass is 441 g/mol. The van der Waals surface area contributed by atoms with Crippen molar-refractivity contribution >= 4 is 44.6 Å². The van der Waals surface area contributed by atoms with E-state index in [1.165, 1.54) is 20.0 Å². The van der Waals surface area contributed by atoms with Crippen LogP contribution in [0.3, 0.4) is 0 Å². The van der Waals surface area contributed by atoms with E-state index in [1.807, 2.05) is 42.5 Å². The predicted octanol–water partition coefficient (Wildman–Crippen LogP) is 4.12. The standard InChI is InChI=1S/C20H16BrN3O4/c1-20(2)27-18(25)14(19(26)28-20)10-22-13-6-3-11(4-7-13)17-23-15-8-5-12(21)9-16(15)24-17/h3-10,22H,1-2H3,(H,23,24). The molecule has 28 heavy (non-hydrogen) atoms. The van der Waals surface area contributed by atoms with E-state index in [1.54, 1.807) is 0 Å². The third-order valence-corrected chi connectivity index (χ3v) is 4.60. The lowest BCUT2D eigenvalue weighted by atomic mass is 10.2. The number of imidazole rings is 1. The van der Waals surface area contributed by atoms with Crippen LogP contribution in [0.4, 0.5) is 5.69 Å². The topological polar surface area (TPSA) is 93.3 Å². The number of cyclic esters (lactones) is 2. The van der Waals surface area contributed by atoms with E-state index in [-0.39, 0.29) is 5.57 Å². The first-order chi connectivity index (χ1) is 13.3. The van der Waals surface area contributed by atoms with Gasteiger partial charge in [0, 0.05) is 35.8 Å². The number of carbonyl (C=O) groups is 2. The fourth-order valence-corrected chi connectivity index (χ4v) is 3.14. The Bertz CT molecular complexity index is 1090. The number of esters is 2. The van der Waals surface area contributed by atoms with Gasteiger partial charge in [0.2, 0.25) is 0 Å². The molecule has 0 amide bonds. The van der Waals surface area contributed by atoms with Gasteiger partial charge in [-0.15, -0.1) is 0 Å². The molecule has 1 aliphatic rings. The molecular weight excluding hydrogens is 426 g/mol. The van der Waals surface area contributed by atoms with Crippen LogP contribution >= 0.6 is 15.9 Å². The van der Waals surface area contributed by atoms with Gasteiger partial charge in [0.05, 0.1) is 11.0 Å².